The summed E-state index contributed by atoms with van der Waals surface area (Å²) in [6, 6.07) is 21.4. The fourth-order valence-corrected chi connectivity index (χ4v) is 4.84. The molecule has 0 unspecified atom stereocenters. The van der Waals surface area contributed by atoms with Gasteiger partial charge in [0, 0.05) is 63.9 Å². The van der Waals surface area contributed by atoms with Crippen molar-refractivity contribution in [3.63, 3.8) is 0 Å². The number of nitrogens with zero attached hydrogens (tertiary/aromatic N) is 1. The monoisotopic (exact) mass is 552 g/mol. The van der Waals surface area contributed by atoms with Crippen molar-refractivity contribution >= 4 is 43.9 Å². The van der Waals surface area contributed by atoms with Crippen LogP contribution in [0.3, 0.4) is 0 Å². The summed E-state index contributed by atoms with van der Waals surface area (Å²) in [5.74, 6) is 0. The number of halogens is 2. The van der Waals surface area contributed by atoms with Gasteiger partial charge in [-0.2, -0.15) is 30.3 Å². The van der Waals surface area contributed by atoms with Gasteiger partial charge in [-0.25, -0.2) is 8.42 Å². The molecular weight excluding hydrogens is 541 g/mol. The third-order valence-corrected chi connectivity index (χ3v) is 6.54. The second-order valence-corrected chi connectivity index (χ2v) is 8.64. The molecule has 0 aliphatic rings. The van der Waals surface area contributed by atoms with Crippen LogP contribution >= 0.6 is 23.2 Å². The molecule has 28 heavy (non-hydrogen) atoms. The fraction of sp³-hybridized carbons (Fsp3) is 0. The number of benzene rings is 3. The first-order valence-corrected chi connectivity index (χ1v) is 10.3. The van der Waals surface area contributed by atoms with Crippen molar-refractivity contribution in [1.82, 2.24) is 4.98 Å². The Bertz CT molecular complexity index is 1260. The summed E-state index contributed by atoms with van der Waals surface area (Å²) < 4.78 is 26.6. The van der Waals surface area contributed by atoms with Crippen molar-refractivity contribution in [2.24, 2.45) is 0 Å². The first kappa shape index (κ1) is 21.7. The molecule has 0 bridgehead atoms. The molecule has 0 saturated heterocycles. The van der Waals surface area contributed by atoms with Gasteiger partial charge in [0.05, 0.1) is 15.4 Å². The van der Waals surface area contributed by atoms with E-state index in [0.717, 1.165) is 0 Å². The van der Waals surface area contributed by atoms with Gasteiger partial charge in [0.15, 0.2) is 9.84 Å². The minimum absolute atomic E-state index is 0. The Hall–Kier alpha value is -1.02. The van der Waals surface area contributed by atoms with Crippen LogP contribution in [0.4, 0.5) is 0 Å². The Morgan fingerprint density at radius 2 is 1.64 bits per heavy atom. The number of rotatable bonds is 3. The van der Waals surface area contributed by atoms with Gasteiger partial charge in [-0.3, -0.25) is 4.98 Å². The quantitative estimate of drug-likeness (QED) is 0.300. The van der Waals surface area contributed by atoms with Crippen LogP contribution in [0, 0.1) is 47.8 Å². The predicted molar refractivity (Wildman–Crippen MR) is 108 cm³/mol. The molecule has 0 aliphatic heterocycles. The predicted octanol–water partition coefficient (Wildman–Crippen LogP) is 5.84. The van der Waals surface area contributed by atoms with E-state index < -0.39 is 9.84 Å². The van der Waals surface area contributed by atoms with Crippen LogP contribution in [0.5, 0.6) is 0 Å². The number of para-hydroxylation sites is 1. The molecule has 0 radical (unpaired) electrons. The Kier molecular flexibility index (Phi) is 6.79. The number of sulfone groups is 1. The van der Waals surface area contributed by atoms with Crippen molar-refractivity contribution in [2.45, 2.75) is 9.79 Å². The maximum absolute atomic E-state index is 13.3. The van der Waals surface area contributed by atoms with E-state index in [0.29, 0.717) is 32.1 Å². The van der Waals surface area contributed by atoms with Gasteiger partial charge < -0.3 is 0 Å². The summed E-state index contributed by atoms with van der Waals surface area (Å²) >= 11 is 12.5. The zero-order chi connectivity index (χ0) is 19.0. The number of hydrogen-bond donors (Lipinski definition) is 0. The van der Waals surface area contributed by atoms with Gasteiger partial charge in [-0.15, -0.1) is 0 Å². The number of aromatic nitrogens is 1. The maximum atomic E-state index is 13.3. The first-order chi connectivity index (χ1) is 13.0. The van der Waals surface area contributed by atoms with Crippen molar-refractivity contribution in [1.29, 1.82) is 0 Å². The largest absolute Gasteiger partial charge is 0.253 e. The molecule has 0 saturated carbocycles. The Balaban J connectivity index is 0.00000225. The van der Waals surface area contributed by atoms with Gasteiger partial charge in [-0.05, 0) is 28.7 Å². The van der Waals surface area contributed by atoms with Crippen LogP contribution in [-0.2, 0) is 9.84 Å². The van der Waals surface area contributed by atoms with E-state index in [1.54, 1.807) is 42.5 Å². The summed E-state index contributed by atoms with van der Waals surface area (Å²) in [4.78, 5) is 4.61. The molecule has 0 aliphatic carbocycles. The van der Waals surface area contributed by atoms with Crippen LogP contribution < -0.4 is 0 Å². The van der Waals surface area contributed by atoms with E-state index in [4.69, 9.17) is 23.2 Å². The molecule has 0 amide bonds. The summed E-state index contributed by atoms with van der Waals surface area (Å²) in [6.45, 7) is 0. The first-order valence-electron chi connectivity index (χ1n) is 8.03. The third kappa shape index (κ3) is 3.99. The van der Waals surface area contributed by atoms with E-state index in [1.165, 1.54) is 18.3 Å². The average Bonchev–Trinajstić information content (AvgIpc) is 2.68. The molecule has 0 N–H and O–H groups in total. The number of hydrogen-bond acceptors (Lipinski definition) is 3. The molecular formula is C21H12CeCl2NO2S-. The summed E-state index contributed by atoms with van der Waals surface area (Å²) in [6.07, 6.45) is 1.36. The average molecular weight is 553 g/mol. The molecule has 138 valence electrons. The van der Waals surface area contributed by atoms with Crippen LogP contribution in [0.1, 0.15) is 0 Å². The van der Waals surface area contributed by atoms with Crippen molar-refractivity contribution in [3.05, 3.63) is 89.0 Å². The molecule has 7 heteroatoms. The van der Waals surface area contributed by atoms with Gasteiger partial charge in [0.2, 0.25) is 0 Å². The molecule has 4 rings (SSSR count). The minimum Gasteiger partial charge on any atom is -0.253 e. The molecule has 0 atom stereocenters. The van der Waals surface area contributed by atoms with Crippen LogP contribution in [0.25, 0.3) is 22.0 Å². The van der Waals surface area contributed by atoms with E-state index in [9.17, 15) is 8.42 Å². The molecule has 1 heterocycles. The Morgan fingerprint density at radius 1 is 0.929 bits per heavy atom. The van der Waals surface area contributed by atoms with Crippen LogP contribution in [0.2, 0.25) is 10.0 Å². The van der Waals surface area contributed by atoms with Gasteiger partial charge in [0.1, 0.15) is 0 Å². The molecule has 3 nitrogen and oxygen atoms in total. The Morgan fingerprint density at radius 3 is 2.36 bits per heavy atom. The van der Waals surface area contributed by atoms with Gasteiger partial charge >= 0.3 is 0 Å². The van der Waals surface area contributed by atoms with Gasteiger partial charge in [0.25, 0.3) is 0 Å². The molecule has 1 aromatic heterocycles. The second kappa shape index (κ2) is 8.77. The standard InChI is InChI=1S/C21H12Cl2NO2S.Ce/c22-15-7-4-6-14(12-15)20-17-10-5-11-18(23)21(17)24-13-19(20)27(25,26)16-8-2-1-3-9-16;/h2-13H;/q-1;. The maximum Gasteiger partial charge on any atom is 0.186 e. The SMILES string of the molecule is O=S(=O)(c1cc[c-]cc1)c1cnc2c(Cl)cccc2c1-c1cccc(Cl)c1.[Ce]. The minimum atomic E-state index is -3.80. The summed E-state index contributed by atoms with van der Waals surface area (Å²) in [5, 5.41) is 1.61. The normalized spacial score (nSPS) is 11.2. The van der Waals surface area contributed by atoms with Crippen molar-refractivity contribution in [2.75, 3.05) is 0 Å². The third-order valence-electron chi connectivity index (χ3n) is 4.21. The Labute approximate surface area is 207 Å². The van der Waals surface area contributed by atoms with E-state index in [2.05, 4.69) is 11.1 Å². The molecule has 0 spiro atoms. The molecule has 4 aromatic rings. The van der Waals surface area contributed by atoms with Crippen molar-refractivity contribution in [3.8, 4) is 11.1 Å². The second-order valence-electron chi connectivity index (χ2n) is 5.88. The summed E-state index contributed by atoms with van der Waals surface area (Å²) in [5.41, 5.74) is 1.74. The van der Waals surface area contributed by atoms with Crippen LogP contribution in [0.15, 0.2) is 82.7 Å². The van der Waals surface area contributed by atoms with Gasteiger partial charge in [-0.1, -0.05) is 47.5 Å². The van der Waals surface area contributed by atoms with E-state index in [-0.39, 0.29) is 51.5 Å². The van der Waals surface area contributed by atoms with E-state index in [1.807, 2.05) is 12.1 Å². The van der Waals surface area contributed by atoms with Crippen LogP contribution in [-0.4, -0.2) is 13.4 Å². The molecule has 3 aromatic carbocycles. The topological polar surface area (TPSA) is 47.0 Å². The summed E-state index contributed by atoms with van der Waals surface area (Å²) in [7, 11) is -3.80. The zero-order valence-corrected chi connectivity index (χ0v) is 19.8. The number of pyridine rings is 1. The zero-order valence-electron chi connectivity index (χ0n) is 14.4. The number of fused-ring (bicyclic) bond motifs is 1. The molecule has 0 fully saturated rings. The van der Waals surface area contributed by atoms with E-state index >= 15 is 0 Å². The smallest absolute Gasteiger partial charge is 0.186 e. The fourth-order valence-electron chi connectivity index (χ4n) is 2.99. The van der Waals surface area contributed by atoms with Crippen molar-refractivity contribution < 1.29 is 50.2 Å².